The molecule has 0 aromatic heterocycles. The van der Waals surface area contributed by atoms with Crippen molar-refractivity contribution in [1.82, 2.24) is 0 Å². The van der Waals surface area contributed by atoms with Gasteiger partial charge in [-0.25, -0.2) is 0 Å². The molecule has 1 nitrogen and oxygen atoms in total. The molecule has 0 saturated heterocycles. The van der Waals surface area contributed by atoms with Crippen LogP contribution < -0.4 is 0 Å². The van der Waals surface area contributed by atoms with Gasteiger partial charge in [0.25, 0.3) is 0 Å². The van der Waals surface area contributed by atoms with E-state index in [0.717, 1.165) is 0 Å². The molecule has 0 aromatic carbocycles. The number of hydrogen-bond donors (Lipinski definition) is 1. The van der Waals surface area contributed by atoms with Gasteiger partial charge in [0.2, 0.25) is 7.28 Å². The predicted molar refractivity (Wildman–Crippen MR) is 50.9 cm³/mol. The zero-order chi connectivity index (χ0) is 8.91. The zero-order valence-corrected chi connectivity index (χ0v) is 7.46. The summed E-state index contributed by atoms with van der Waals surface area (Å²) in [6.45, 7) is 6.13. The lowest BCUT2D eigenvalue weighted by Crippen LogP contribution is -2.23. The highest BCUT2D eigenvalue weighted by Gasteiger charge is 2.21. The second kappa shape index (κ2) is 4.51. The standard InChI is InChI=1S/C8H14B2O/c1-5-9-7(2)10-8(3,4)6-11/h1,7,11H,6H2,2-4H3. The molecule has 58 valence electrons. The van der Waals surface area contributed by atoms with Crippen LogP contribution in [0.3, 0.4) is 0 Å². The molecule has 0 rings (SSSR count). The Kier molecular flexibility index (Phi) is 4.37. The summed E-state index contributed by atoms with van der Waals surface area (Å²) in [6, 6.07) is 0. The minimum atomic E-state index is -0.132. The van der Waals surface area contributed by atoms with E-state index >= 15 is 0 Å². The molecule has 0 amide bonds. The number of terminal acetylenes is 1. The lowest BCUT2D eigenvalue weighted by molar-refractivity contribution is 0.255. The molecule has 2 radical (unpaired) electrons. The van der Waals surface area contributed by atoms with Crippen molar-refractivity contribution >= 4 is 14.6 Å². The average Bonchev–Trinajstić information content (AvgIpc) is 1.87. The van der Waals surface area contributed by atoms with E-state index in [1.165, 1.54) is 0 Å². The summed E-state index contributed by atoms with van der Waals surface area (Å²) < 4.78 is 0. The molecule has 1 unspecified atom stereocenters. The molecular weight excluding hydrogens is 134 g/mol. The predicted octanol–water partition coefficient (Wildman–Crippen LogP) is 0.942. The van der Waals surface area contributed by atoms with Gasteiger partial charge in [-0.3, -0.25) is 0 Å². The van der Waals surface area contributed by atoms with Crippen molar-refractivity contribution in [3.63, 3.8) is 0 Å². The Morgan fingerprint density at radius 1 is 1.64 bits per heavy atom. The van der Waals surface area contributed by atoms with Crippen LogP contribution in [0.2, 0.25) is 11.0 Å². The summed E-state index contributed by atoms with van der Waals surface area (Å²) in [5.41, 5.74) is 0.266. The maximum Gasteiger partial charge on any atom is 0.210 e. The van der Waals surface area contributed by atoms with Crippen LogP contribution in [0.1, 0.15) is 20.8 Å². The van der Waals surface area contributed by atoms with Crippen LogP contribution >= 0.6 is 0 Å². The molecule has 1 N–H and O–H groups in total. The summed E-state index contributed by atoms with van der Waals surface area (Å²) >= 11 is 0. The Bertz CT molecular complexity index is 149. The van der Waals surface area contributed by atoms with Crippen molar-refractivity contribution in [3.05, 3.63) is 0 Å². The van der Waals surface area contributed by atoms with E-state index in [1.54, 1.807) is 7.28 Å². The molecule has 0 fully saturated rings. The molecule has 0 aliphatic carbocycles. The van der Waals surface area contributed by atoms with Gasteiger partial charge in [-0.05, 0) is 5.31 Å². The van der Waals surface area contributed by atoms with Gasteiger partial charge in [0, 0.05) is 6.61 Å². The minimum absolute atomic E-state index is 0.132. The van der Waals surface area contributed by atoms with E-state index in [0.29, 0.717) is 0 Å². The Labute approximate surface area is 71.1 Å². The average molecular weight is 148 g/mol. The van der Waals surface area contributed by atoms with Crippen molar-refractivity contribution in [2.45, 2.75) is 31.8 Å². The van der Waals surface area contributed by atoms with Gasteiger partial charge < -0.3 is 5.11 Å². The topological polar surface area (TPSA) is 20.2 Å². The number of aliphatic hydroxyl groups is 1. The van der Waals surface area contributed by atoms with Crippen molar-refractivity contribution < 1.29 is 5.11 Å². The van der Waals surface area contributed by atoms with Crippen LogP contribution in [0.25, 0.3) is 0 Å². The van der Waals surface area contributed by atoms with Gasteiger partial charge in [0.05, 0.1) is 0 Å². The lowest BCUT2D eigenvalue weighted by Gasteiger charge is -2.22. The van der Waals surface area contributed by atoms with E-state index in [4.69, 9.17) is 11.5 Å². The molecular formula is C8H14B2O. The van der Waals surface area contributed by atoms with E-state index in [-0.39, 0.29) is 17.6 Å². The molecule has 0 aliphatic heterocycles. The van der Waals surface area contributed by atoms with Crippen LogP contribution in [0.4, 0.5) is 0 Å². The molecule has 0 aliphatic rings. The Morgan fingerprint density at radius 2 is 2.18 bits per heavy atom. The SMILES string of the molecule is C#C[B]C(C)[B]C(C)(C)CO. The summed E-state index contributed by atoms with van der Waals surface area (Å²) in [5.74, 6) is 2.48. The smallest absolute Gasteiger partial charge is 0.210 e. The number of rotatable bonds is 4. The fraction of sp³-hybridized carbons (Fsp3) is 0.750. The van der Waals surface area contributed by atoms with Crippen LogP contribution in [-0.4, -0.2) is 26.3 Å². The van der Waals surface area contributed by atoms with E-state index in [2.05, 4.69) is 5.82 Å². The van der Waals surface area contributed by atoms with Crippen molar-refractivity contribution in [2.24, 2.45) is 0 Å². The largest absolute Gasteiger partial charge is 0.397 e. The van der Waals surface area contributed by atoms with Gasteiger partial charge in [-0.2, -0.15) is 5.82 Å². The van der Waals surface area contributed by atoms with Crippen LogP contribution in [0, 0.1) is 12.2 Å². The molecule has 0 bridgehead atoms. The van der Waals surface area contributed by atoms with E-state index in [9.17, 15) is 0 Å². The second-order valence-electron chi connectivity index (χ2n) is 3.51. The Morgan fingerprint density at radius 3 is 2.55 bits per heavy atom. The third-order valence-corrected chi connectivity index (χ3v) is 1.48. The Balaban J connectivity index is 3.75. The molecule has 0 saturated carbocycles. The third-order valence-electron chi connectivity index (χ3n) is 1.48. The van der Waals surface area contributed by atoms with Gasteiger partial charge in [0.15, 0.2) is 0 Å². The maximum absolute atomic E-state index is 8.91. The summed E-state index contributed by atoms with van der Waals surface area (Å²) in [4.78, 5) is 0. The van der Waals surface area contributed by atoms with Crippen molar-refractivity contribution in [2.75, 3.05) is 6.61 Å². The van der Waals surface area contributed by atoms with Crippen molar-refractivity contribution in [3.8, 4) is 12.2 Å². The van der Waals surface area contributed by atoms with Crippen LogP contribution in [0.5, 0.6) is 0 Å². The first-order valence-electron chi connectivity index (χ1n) is 3.78. The second-order valence-corrected chi connectivity index (χ2v) is 3.51. The molecule has 0 heterocycles. The zero-order valence-electron chi connectivity index (χ0n) is 7.46. The van der Waals surface area contributed by atoms with Gasteiger partial charge in [-0.15, -0.1) is 6.42 Å². The highest BCUT2D eigenvalue weighted by Crippen LogP contribution is 2.25. The van der Waals surface area contributed by atoms with Gasteiger partial charge in [0.1, 0.15) is 7.28 Å². The normalized spacial score (nSPS) is 13.4. The number of hydrogen-bond acceptors (Lipinski definition) is 1. The summed E-state index contributed by atoms with van der Waals surface area (Å²) in [5, 5.41) is 8.78. The molecule has 0 spiro atoms. The first-order valence-corrected chi connectivity index (χ1v) is 3.78. The highest BCUT2D eigenvalue weighted by atomic mass is 16.3. The number of aliphatic hydroxyl groups excluding tert-OH is 1. The quantitative estimate of drug-likeness (QED) is 0.464. The van der Waals surface area contributed by atoms with E-state index in [1.807, 2.05) is 28.1 Å². The lowest BCUT2D eigenvalue weighted by atomic mass is 9.37. The third kappa shape index (κ3) is 4.98. The minimum Gasteiger partial charge on any atom is -0.397 e. The Hall–Kier alpha value is -0.350. The monoisotopic (exact) mass is 148 g/mol. The van der Waals surface area contributed by atoms with Gasteiger partial charge in [-0.1, -0.05) is 26.5 Å². The first kappa shape index (κ1) is 10.6. The fourth-order valence-corrected chi connectivity index (χ4v) is 0.964. The molecule has 11 heavy (non-hydrogen) atoms. The van der Waals surface area contributed by atoms with Gasteiger partial charge >= 0.3 is 0 Å². The first-order chi connectivity index (χ1) is 5.02. The van der Waals surface area contributed by atoms with Crippen LogP contribution in [-0.2, 0) is 0 Å². The molecule has 1 atom stereocenters. The fourth-order valence-electron chi connectivity index (χ4n) is 0.964. The van der Waals surface area contributed by atoms with E-state index < -0.39 is 0 Å². The summed E-state index contributed by atoms with van der Waals surface area (Å²) in [7, 11) is 3.82. The van der Waals surface area contributed by atoms with Crippen LogP contribution in [0.15, 0.2) is 0 Å². The summed E-state index contributed by atoms with van der Waals surface area (Å²) in [6.07, 6.45) is 5.10. The highest BCUT2D eigenvalue weighted by molar-refractivity contribution is 6.64. The van der Waals surface area contributed by atoms with Crippen molar-refractivity contribution in [1.29, 1.82) is 0 Å². The maximum atomic E-state index is 8.91. The molecule has 3 heteroatoms. The molecule has 0 aromatic rings.